The van der Waals surface area contributed by atoms with Crippen LogP contribution >= 0.6 is 34.8 Å². The molecule has 1 saturated heterocycles. The Kier molecular flexibility index (Phi) is 9.65. The smallest absolute Gasteiger partial charge is 0.338 e. The van der Waals surface area contributed by atoms with Gasteiger partial charge >= 0.3 is 17.9 Å². The highest BCUT2D eigenvalue weighted by atomic mass is 35.6. The summed E-state index contributed by atoms with van der Waals surface area (Å²) in [4.78, 5) is 51.1. The minimum absolute atomic E-state index is 0.182. The fraction of sp³-hybridized carbons (Fsp3) is 0.214. The molecule has 0 radical (unpaired) electrons. The number of alkyl halides is 3. The van der Waals surface area contributed by atoms with Crippen molar-refractivity contribution in [1.82, 2.24) is 5.32 Å². The van der Waals surface area contributed by atoms with Crippen molar-refractivity contribution in [2.45, 2.75) is 28.3 Å². The summed E-state index contributed by atoms with van der Waals surface area (Å²) in [6.07, 6.45) is -5.39. The van der Waals surface area contributed by atoms with E-state index in [0.717, 1.165) is 0 Å². The second kappa shape index (κ2) is 13.1. The van der Waals surface area contributed by atoms with Gasteiger partial charge in [-0.3, -0.25) is 4.79 Å². The van der Waals surface area contributed by atoms with E-state index < -0.39 is 58.8 Å². The molecule has 3 aromatic rings. The standard InChI is InChI=1S/C28H22Cl3NO8/c29-28(30,31)27(36)32-23-22(40-26(35)19-14-8-3-9-15-19)21(39-25(34)18-12-6-2-7-13-18)20(38-23)16-37-24(33)17-10-4-1-5-11-17/h1-15,20-23H,16H2,(H,32,36)/t20-,21-,22-,23-/m1/s1. The van der Waals surface area contributed by atoms with Crippen LogP contribution in [0.15, 0.2) is 91.0 Å². The molecule has 0 aromatic heterocycles. The van der Waals surface area contributed by atoms with Crippen molar-refractivity contribution >= 4 is 58.6 Å². The first-order valence-corrected chi connectivity index (χ1v) is 13.0. The predicted molar refractivity (Wildman–Crippen MR) is 145 cm³/mol. The first-order valence-electron chi connectivity index (χ1n) is 11.9. The third-order valence-corrected chi connectivity index (χ3v) is 6.25. The zero-order valence-corrected chi connectivity index (χ0v) is 22.8. The molecule has 4 atom stereocenters. The number of halogens is 3. The number of carbonyl (C=O) groups is 4. The van der Waals surface area contributed by atoms with Crippen molar-refractivity contribution in [2.75, 3.05) is 6.61 Å². The van der Waals surface area contributed by atoms with E-state index in [0.29, 0.717) is 0 Å². The number of esters is 3. The summed E-state index contributed by atoms with van der Waals surface area (Å²) in [5.74, 6) is -3.34. The van der Waals surface area contributed by atoms with Gasteiger partial charge in [-0.1, -0.05) is 89.4 Å². The van der Waals surface area contributed by atoms with E-state index in [2.05, 4.69) is 5.32 Å². The Morgan fingerprint density at radius 2 is 1.10 bits per heavy atom. The second-order valence-corrected chi connectivity index (χ2v) is 10.8. The summed E-state index contributed by atoms with van der Waals surface area (Å²) in [7, 11) is 0. The first kappa shape index (κ1) is 29.4. The molecule has 208 valence electrons. The van der Waals surface area contributed by atoms with Crippen molar-refractivity contribution in [1.29, 1.82) is 0 Å². The molecule has 0 unspecified atom stereocenters. The molecule has 1 aliphatic heterocycles. The first-order chi connectivity index (χ1) is 19.1. The third-order valence-electron chi connectivity index (χ3n) is 5.73. The van der Waals surface area contributed by atoms with Gasteiger partial charge in [0.1, 0.15) is 12.7 Å². The SMILES string of the molecule is O=C(OC[C@H]1O[C@@H](NC(=O)C(Cl)(Cl)Cl)[C@H](OC(=O)c2ccccc2)[C@@H]1OC(=O)c1ccccc1)c1ccccc1. The average molecular weight is 607 g/mol. The fourth-order valence-corrected chi connectivity index (χ4v) is 3.97. The molecule has 1 amide bonds. The molecular formula is C28H22Cl3NO8. The molecule has 40 heavy (non-hydrogen) atoms. The van der Waals surface area contributed by atoms with Crippen LogP contribution in [0.3, 0.4) is 0 Å². The van der Waals surface area contributed by atoms with E-state index in [1.165, 1.54) is 24.3 Å². The Labute approximate surface area is 244 Å². The minimum Gasteiger partial charge on any atom is -0.459 e. The van der Waals surface area contributed by atoms with Crippen molar-refractivity contribution in [2.24, 2.45) is 0 Å². The number of hydrogen-bond acceptors (Lipinski definition) is 8. The summed E-state index contributed by atoms with van der Waals surface area (Å²) in [5, 5.41) is 2.35. The Morgan fingerprint density at radius 1 is 0.675 bits per heavy atom. The lowest BCUT2D eigenvalue weighted by Gasteiger charge is -2.25. The topological polar surface area (TPSA) is 117 Å². The number of ether oxygens (including phenoxy) is 4. The Morgan fingerprint density at radius 3 is 1.55 bits per heavy atom. The van der Waals surface area contributed by atoms with Crippen LogP contribution in [0.4, 0.5) is 0 Å². The Bertz CT molecular complexity index is 1340. The Hall–Kier alpha value is -3.63. The number of rotatable bonds is 8. The van der Waals surface area contributed by atoms with Crippen LogP contribution in [0.5, 0.6) is 0 Å². The van der Waals surface area contributed by atoms with Gasteiger partial charge in [0.15, 0.2) is 18.4 Å². The molecule has 0 spiro atoms. The molecule has 1 N–H and O–H groups in total. The normalized spacial score (nSPS) is 20.3. The van der Waals surface area contributed by atoms with E-state index >= 15 is 0 Å². The molecule has 0 saturated carbocycles. The van der Waals surface area contributed by atoms with Crippen LogP contribution in [0, 0.1) is 0 Å². The molecule has 0 bridgehead atoms. The molecule has 1 fully saturated rings. The van der Waals surface area contributed by atoms with E-state index in [1.54, 1.807) is 66.7 Å². The maximum absolute atomic E-state index is 13.0. The van der Waals surface area contributed by atoms with Crippen molar-refractivity contribution < 1.29 is 38.1 Å². The van der Waals surface area contributed by atoms with Crippen LogP contribution in [0.1, 0.15) is 31.1 Å². The summed E-state index contributed by atoms with van der Waals surface area (Å²) in [6.45, 7) is -0.431. The second-order valence-electron chi connectivity index (χ2n) is 8.50. The lowest BCUT2D eigenvalue weighted by Crippen LogP contribution is -2.50. The lowest BCUT2D eigenvalue weighted by atomic mass is 10.1. The van der Waals surface area contributed by atoms with Gasteiger partial charge in [0.25, 0.3) is 9.70 Å². The summed E-state index contributed by atoms with van der Waals surface area (Å²) in [6, 6.07) is 24.2. The van der Waals surface area contributed by atoms with Crippen LogP contribution in [0.25, 0.3) is 0 Å². The Balaban J connectivity index is 1.63. The van der Waals surface area contributed by atoms with E-state index in [1.807, 2.05) is 0 Å². The minimum atomic E-state index is -2.38. The predicted octanol–water partition coefficient (Wildman–Crippen LogP) is 4.51. The highest BCUT2D eigenvalue weighted by molar-refractivity contribution is 6.76. The molecular weight excluding hydrogens is 585 g/mol. The van der Waals surface area contributed by atoms with Crippen LogP contribution in [-0.2, 0) is 23.7 Å². The number of amides is 1. The maximum atomic E-state index is 13.0. The van der Waals surface area contributed by atoms with Gasteiger partial charge in [-0.05, 0) is 36.4 Å². The van der Waals surface area contributed by atoms with Crippen molar-refractivity contribution in [3.8, 4) is 0 Å². The van der Waals surface area contributed by atoms with Gasteiger partial charge in [0.05, 0.1) is 16.7 Å². The van der Waals surface area contributed by atoms with Crippen LogP contribution < -0.4 is 5.32 Å². The van der Waals surface area contributed by atoms with Gasteiger partial charge < -0.3 is 24.3 Å². The molecule has 1 aliphatic rings. The number of hydrogen-bond donors (Lipinski definition) is 1. The molecule has 4 rings (SSSR count). The van der Waals surface area contributed by atoms with Gasteiger partial charge in [-0.2, -0.15) is 0 Å². The summed E-state index contributed by atoms with van der Waals surface area (Å²) >= 11 is 17.2. The van der Waals surface area contributed by atoms with E-state index in [9.17, 15) is 19.2 Å². The van der Waals surface area contributed by atoms with Gasteiger partial charge in [0.2, 0.25) is 0 Å². The van der Waals surface area contributed by atoms with Gasteiger partial charge in [-0.25, -0.2) is 14.4 Å². The zero-order valence-electron chi connectivity index (χ0n) is 20.6. The van der Waals surface area contributed by atoms with Crippen molar-refractivity contribution in [3.63, 3.8) is 0 Å². The maximum Gasteiger partial charge on any atom is 0.338 e. The molecule has 12 heteroatoms. The number of nitrogens with one attached hydrogen (secondary N) is 1. The lowest BCUT2D eigenvalue weighted by molar-refractivity contribution is -0.127. The van der Waals surface area contributed by atoms with Crippen molar-refractivity contribution in [3.05, 3.63) is 108 Å². The highest BCUT2D eigenvalue weighted by Crippen LogP contribution is 2.31. The van der Waals surface area contributed by atoms with E-state index in [-0.39, 0.29) is 16.7 Å². The molecule has 9 nitrogen and oxygen atoms in total. The monoisotopic (exact) mass is 605 g/mol. The highest BCUT2D eigenvalue weighted by Gasteiger charge is 2.52. The van der Waals surface area contributed by atoms with E-state index in [4.69, 9.17) is 53.8 Å². The molecule has 3 aromatic carbocycles. The summed E-state index contributed by atoms with van der Waals surface area (Å²) in [5.41, 5.74) is 0.650. The molecule has 1 heterocycles. The van der Waals surface area contributed by atoms with Gasteiger partial charge in [0, 0.05) is 0 Å². The fourth-order valence-electron chi connectivity index (χ4n) is 3.81. The van der Waals surface area contributed by atoms with Gasteiger partial charge in [-0.15, -0.1) is 0 Å². The quantitative estimate of drug-likeness (QED) is 0.226. The largest absolute Gasteiger partial charge is 0.459 e. The zero-order chi connectivity index (χ0) is 28.7. The average Bonchev–Trinajstić information content (AvgIpc) is 3.27. The number of carbonyl (C=O) groups excluding carboxylic acids is 4. The third kappa shape index (κ3) is 7.51. The molecule has 0 aliphatic carbocycles. The summed E-state index contributed by atoms with van der Waals surface area (Å²) < 4.78 is 20.3. The van der Waals surface area contributed by atoms with Crippen LogP contribution in [-0.4, -0.2) is 58.8 Å². The van der Waals surface area contributed by atoms with Crippen LogP contribution in [0.2, 0.25) is 0 Å². The number of benzene rings is 3.